The molecule has 1 saturated heterocycles. The summed E-state index contributed by atoms with van der Waals surface area (Å²) in [5.41, 5.74) is 2.41. The molecular formula is C28H32ClFN4O4. The van der Waals surface area contributed by atoms with Crippen molar-refractivity contribution in [2.45, 2.75) is 52.1 Å². The first-order chi connectivity index (χ1) is 18.0. The van der Waals surface area contributed by atoms with Crippen LogP contribution in [0.25, 0.3) is 5.69 Å². The van der Waals surface area contributed by atoms with Crippen LogP contribution in [0.5, 0.6) is 5.75 Å². The number of hydrogen-bond acceptors (Lipinski definition) is 5. The Morgan fingerprint density at radius 3 is 2.39 bits per heavy atom. The number of anilines is 1. The predicted molar refractivity (Wildman–Crippen MR) is 144 cm³/mol. The number of carbonyl (C=O) groups is 2. The van der Waals surface area contributed by atoms with Crippen molar-refractivity contribution in [3.05, 3.63) is 70.3 Å². The minimum Gasteiger partial charge on any atom is -0.495 e. The fourth-order valence-electron chi connectivity index (χ4n) is 4.50. The number of carbonyl (C=O) groups excluding carboxylic acids is 2. The monoisotopic (exact) mass is 542 g/mol. The van der Waals surface area contributed by atoms with Gasteiger partial charge in [-0.15, -0.1) is 0 Å². The number of rotatable bonds is 5. The normalized spacial score (nSPS) is 14.3. The van der Waals surface area contributed by atoms with Gasteiger partial charge in [0.05, 0.1) is 35.9 Å². The van der Waals surface area contributed by atoms with E-state index in [0.717, 1.165) is 5.56 Å². The van der Waals surface area contributed by atoms with Gasteiger partial charge in [-0.2, -0.15) is 5.10 Å². The van der Waals surface area contributed by atoms with Crippen LogP contribution >= 0.6 is 11.6 Å². The minimum atomic E-state index is -0.582. The number of ether oxygens (including phenoxy) is 2. The Labute approximate surface area is 226 Å². The third-order valence-corrected chi connectivity index (χ3v) is 6.79. The molecule has 0 radical (unpaired) electrons. The Bertz CT molecular complexity index is 1330. The average molecular weight is 543 g/mol. The highest BCUT2D eigenvalue weighted by Gasteiger charge is 2.32. The average Bonchev–Trinajstić information content (AvgIpc) is 3.31. The van der Waals surface area contributed by atoms with Crippen LogP contribution in [-0.2, 0) is 4.74 Å². The van der Waals surface area contributed by atoms with E-state index in [0.29, 0.717) is 59.3 Å². The van der Waals surface area contributed by atoms with Gasteiger partial charge in [0, 0.05) is 30.1 Å². The second kappa shape index (κ2) is 11.0. The Balaban J connectivity index is 1.65. The van der Waals surface area contributed by atoms with Crippen molar-refractivity contribution in [1.29, 1.82) is 0 Å². The van der Waals surface area contributed by atoms with Gasteiger partial charge in [0.2, 0.25) is 0 Å². The third-order valence-electron chi connectivity index (χ3n) is 6.38. The van der Waals surface area contributed by atoms with Gasteiger partial charge in [-0.3, -0.25) is 4.79 Å². The molecule has 1 N–H and O–H groups in total. The SMILES string of the molecule is COc1cc(Cl)c(C)cc1NC(=O)c1cnn(-c2ccc(F)cc2)c1C1CCN(C(=O)OC(C)(C)C)CC1. The van der Waals surface area contributed by atoms with Gasteiger partial charge >= 0.3 is 6.09 Å². The predicted octanol–water partition coefficient (Wildman–Crippen LogP) is 6.35. The largest absolute Gasteiger partial charge is 0.495 e. The summed E-state index contributed by atoms with van der Waals surface area (Å²) in [7, 11) is 1.51. The summed E-state index contributed by atoms with van der Waals surface area (Å²) >= 11 is 6.23. The smallest absolute Gasteiger partial charge is 0.410 e. The van der Waals surface area contributed by atoms with E-state index in [2.05, 4.69) is 10.4 Å². The number of likely N-dealkylation sites (tertiary alicyclic amines) is 1. The number of benzene rings is 2. The van der Waals surface area contributed by atoms with E-state index in [-0.39, 0.29) is 23.7 Å². The molecule has 0 unspecified atom stereocenters. The number of hydrogen-bond donors (Lipinski definition) is 1. The molecule has 0 aliphatic carbocycles. The number of nitrogens with one attached hydrogen (secondary N) is 1. The number of halogens is 2. The standard InChI is InChI=1S/C28H32ClFN4O4/c1-17-14-23(24(37-5)15-22(17)29)32-26(35)21-16-31-34(20-8-6-19(30)7-9-20)25(21)18-10-12-33(13-11-18)27(36)38-28(2,3)4/h6-9,14-16,18H,10-13H2,1-5H3,(H,32,35). The lowest BCUT2D eigenvalue weighted by Gasteiger charge is -2.34. The lowest BCUT2D eigenvalue weighted by Crippen LogP contribution is -2.41. The molecule has 0 atom stereocenters. The summed E-state index contributed by atoms with van der Waals surface area (Å²) < 4.78 is 26.2. The Morgan fingerprint density at radius 1 is 1.13 bits per heavy atom. The summed E-state index contributed by atoms with van der Waals surface area (Å²) in [5.74, 6) is -0.359. The molecule has 1 aliphatic rings. The summed E-state index contributed by atoms with van der Waals surface area (Å²) in [6.07, 6.45) is 2.38. The van der Waals surface area contributed by atoms with E-state index >= 15 is 0 Å². The van der Waals surface area contributed by atoms with Crippen LogP contribution in [-0.4, -0.2) is 52.5 Å². The van der Waals surface area contributed by atoms with Crippen molar-refractivity contribution >= 4 is 29.3 Å². The van der Waals surface area contributed by atoms with Crippen molar-refractivity contribution in [3.8, 4) is 11.4 Å². The molecule has 1 aliphatic heterocycles. The highest BCUT2D eigenvalue weighted by atomic mass is 35.5. The van der Waals surface area contributed by atoms with Gasteiger partial charge in [0.25, 0.3) is 5.91 Å². The van der Waals surface area contributed by atoms with E-state index in [1.165, 1.54) is 25.4 Å². The number of methoxy groups -OCH3 is 1. The Kier molecular flexibility index (Phi) is 7.97. The number of aromatic nitrogens is 2. The van der Waals surface area contributed by atoms with Gasteiger partial charge in [0.15, 0.2) is 0 Å². The zero-order chi connectivity index (χ0) is 27.6. The summed E-state index contributed by atoms with van der Waals surface area (Å²) in [6.45, 7) is 8.29. The second-order valence-corrected chi connectivity index (χ2v) is 10.7. The van der Waals surface area contributed by atoms with E-state index in [1.807, 2.05) is 27.7 Å². The molecular weight excluding hydrogens is 511 g/mol. The quantitative estimate of drug-likeness (QED) is 0.406. The molecule has 38 heavy (non-hydrogen) atoms. The summed E-state index contributed by atoms with van der Waals surface area (Å²) in [5, 5.41) is 7.97. The van der Waals surface area contributed by atoms with Crippen LogP contribution < -0.4 is 10.1 Å². The first-order valence-electron chi connectivity index (χ1n) is 12.4. The fourth-order valence-corrected chi connectivity index (χ4v) is 4.65. The molecule has 0 saturated carbocycles. The van der Waals surface area contributed by atoms with Gasteiger partial charge < -0.3 is 19.7 Å². The molecule has 2 amide bonds. The number of amides is 2. The fraction of sp³-hybridized carbons (Fsp3) is 0.393. The molecule has 2 heterocycles. The summed E-state index contributed by atoms with van der Waals surface area (Å²) in [6, 6.07) is 9.36. The van der Waals surface area contributed by atoms with Crippen molar-refractivity contribution < 1.29 is 23.5 Å². The molecule has 1 fully saturated rings. The Hall–Kier alpha value is -3.59. The van der Waals surface area contributed by atoms with Crippen molar-refractivity contribution in [1.82, 2.24) is 14.7 Å². The third kappa shape index (κ3) is 6.10. The minimum absolute atomic E-state index is 0.0733. The van der Waals surface area contributed by atoms with E-state index < -0.39 is 5.60 Å². The number of piperidine rings is 1. The van der Waals surface area contributed by atoms with Crippen LogP contribution in [0.4, 0.5) is 14.9 Å². The van der Waals surface area contributed by atoms with E-state index in [1.54, 1.807) is 33.8 Å². The van der Waals surface area contributed by atoms with Gasteiger partial charge in [0.1, 0.15) is 17.2 Å². The maximum Gasteiger partial charge on any atom is 0.410 e. The van der Waals surface area contributed by atoms with Gasteiger partial charge in [-0.05, 0) is 76.4 Å². The zero-order valence-corrected chi connectivity index (χ0v) is 22.9. The van der Waals surface area contributed by atoms with Crippen molar-refractivity contribution in [3.63, 3.8) is 0 Å². The van der Waals surface area contributed by atoms with Crippen LogP contribution in [0.2, 0.25) is 5.02 Å². The molecule has 1 aromatic heterocycles. The second-order valence-electron chi connectivity index (χ2n) is 10.3. The first-order valence-corrected chi connectivity index (χ1v) is 12.8. The van der Waals surface area contributed by atoms with Gasteiger partial charge in [-0.1, -0.05) is 11.6 Å². The number of nitrogens with zero attached hydrogens (tertiary/aromatic N) is 3. The van der Waals surface area contributed by atoms with Crippen LogP contribution in [0.15, 0.2) is 42.6 Å². The van der Waals surface area contributed by atoms with Crippen LogP contribution in [0.3, 0.4) is 0 Å². The van der Waals surface area contributed by atoms with E-state index in [9.17, 15) is 14.0 Å². The summed E-state index contributed by atoms with van der Waals surface area (Å²) in [4.78, 5) is 27.8. The molecule has 0 spiro atoms. The zero-order valence-electron chi connectivity index (χ0n) is 22.2. The lowest BCUT2D eigenvalue weighted by molar-refractivity contribution is 0.0203. The van der Waals surface area contributed by atoms with Crippen LogP contribution in [0.1, 0.15) is 61.1 Å². The highest BCUT2D eigenvalue weighted by Crippen LogP contribution is 2.35. The Morgan fingerprint density at radius 2 is 1.79 bits per heavy atom. The van der Waals surface area contributed by atoms with E-state index in [4.69, 9.17) is 21.1 Å². The highest BCUT2D eigenvalue weighted by molar-refractivity contribution is 6.31. The molecule has 8 nitrogen and oxygen atoms in total. The van der Waals surface area contributed by atoms with Gasteiger partial charge in [-0.25, -0.2) is 13.9 Å². The molecule has 10 heteroatoms. The molecule has 202 valence electrons. The lowest BCUT2D eigenvalue weighted by atomic mass is 9.90. The maximum absolute atomic E-state index is 13.6. The van der Waals surface area contributed by atoms with Crippen molar-refractivity contribution in [2.24, 2.45) is 0 Å². The first kappa shape index (κ1) is 27.4. The molecule has 2 aromatic carbocycles. The van der Waals surface area contributed by atoms with Crippen LogP contribution in [0, 0.1) is 12.7 Å². The molecule has 3 aromatic rings. The topological polar surface area (TPSA) is 85.7 Å². The molecule has 4 rings (SSSR count). The maximum atomic E-state index is 13.6. The molecule has 0 bridgehead atoms. The number of aryl methyl sites for hydroxylation is 1. The van der Waals surface area contributed by atoms with Crippen molar-refractivity contribution in [2.75, 3.05) is 25.5 Å².